The minimum Gasteiger partial charge on any atom is -0.507 e. The number of phenols is 1. The maximum Gasteiger partial charge on any atom is 0.125 e. The van der Waals surface area contributed by atoms with Crippen molar-refractivity contribution in [3.05, 3.63) is 35.5 Å². The van der Waals surface area contributed by atoms with Gasteiger partial charge < -0.3 is 5.11 Å². The third-order valence-corrected chi connectivity index (χ3v) is 2.79. The lowest BCUT2D eigenvalue weighted by Crippen LogP contribution is -2.03. The highest BCUT2D eigenvalue weighted by Gasteiger charge is 2.12. The van der Waals surface area contributed by atoms with Crippen LogP contribution in [0.4, 0.5) is 0 Å². The summed E-state index contributed by atoms with van der Waals surface area (Å²) in [6.45, 7) is 0.791. The van der Waals surface area contributed by atoms with Gasteiger partial charge in [0.15, 0.2) is 0 Å². The van der Waals surface area contributed by atoms with Gasteiger partial charge in [-0.2, -0.15) is 5.10 Å². The molecule has 2 aromatic rings. The average Bonchev–Trinajstić information content (AvgIpc) is 2.82. The molecule has 1 aromatic heterocycles. The number of benzene rings is 1. The van der Waals surface area contributed by atoms with E-state index in [-0.39, 0.29) is 5.75 Å². The normalized spacial score (nSPS) is 13.8. The standard InChI is InChI=1S/C12H11N3O/c16-12-6-9(11-2-4-14-15-11)5-8-1-3-13-7-10(8)12/h2,4-7,16H,1,3H2,(H,14,15). The van der Waals surface area contributed by atoms with Crippen molar-refractivity contribution in [3.63, 3.8) is 0 Å². The lowest BCUT2D eigenvalue weighted by Gasteiger charge is -2.13. The summed E-state index contributed by atoms with van der Waals surface area (Å²) in [6, 6.07) is 5.70. The van der Waals surface area contributed by atoms with Crippen LogP contribution in [0.15, 0.2) is 29.4 Å². The van der Waals surface area contributed by atoms with E-state index >= 15 is 0 Å². The first-order chi connectivity index (χ1) is 7.84. The number of rotatable bonds is 1. The van der Waals surface area contributed by atoms with E-state index in [4.69, 9.17) is 0 Å². The van der Waals surface area contributed by atoms with Crippen molar-refractivity contribution in [2.24, 2.45) is 4.99 Å². The quantitative estimate of drug-likeness (QED) is 0.758. The molecule has 0 unspecified atom stereocenters. The number of phenolic OH excluding ortho intramolecular Hbond substituents is 1. The zero-order valence-corrected chi connectivity index (χ0v) is 8.64. The third-order valence-electron chi connectivity index (χ3n) is 2.79. The van der Waals surface area contributed by atoms with Crippen molar-refractivity contribution in [2.75, 3.05) is 6.54 Å². The van der Waals surface area contributed by atoms with Crippen LogP contribution in [0.2, 0.25) is 0 Å². The van der Waals surface area contributed by atoms with E-state index in [9.17, 15) is 5.11 Å². The SMILES string of the molecule is Oc1cc(-c2ccn[nH]2)cc2c1C=NCC2. The van der Waals surface area contributed by atoms with Gasteiger partial charge in [0.1, 0.15) is 5.75 Å². The van der Waals surface area contributed by atoms with Crippen LogP contribution < -0.4 is 0 Å². The molecular weight excluding hydrogens is 202 g/mol. The van der Waals surface area contributed by atoms with E-state index in [1.54, 1.807) is 18.5 Å². The van der Waals surface area contributed by atoms with E-state index in [1.165, 1.54) is 0 Å². The van der Waals surface area contributed by atoms with Gasteiger partial charge in [0, 0.05) is 30.1 Å². The summed E-state index contributed by atoms with van der Waals surface area (Å²) in [4.78, 5) is 4.17. The van der Waals surface area contributed by atoms with Crippen molar-refractivity contribution >= 4 is 6.21 Å². The van der Waals surface area contributed by atoms with Crippen LogP contribution >= 0.6 is 0 Å². The lowest BCUT2D eigenvalue weighted by atomic mass is 9.98. The van der Waals surface area contributed by atoms with E-state index in [1.807, 2.05) is 6.07 Å². The Labute approximate surface area is 92.7 Å². The summed E-state index contributed by atoms with van der Waals surface area (Å²) in [6.07, 6.45) is 4.32. The first kappa shape index (κ1) is 9.15. The summed E-state index contributed by atoms with van der Waals surface area (Å²) < 4.78 is 0. The number of hydrogen-bond acceptors (Lipinski definition) is 3. The molecule has 4 nitrogen and oxygen atoms in total. The molecule has 2 heterocycles. The number of aromatic amines is 1. The average molecular weight is 213 g/mol. The minimum absolute atomic E-state index is 0.283. The van der Waals surface area contributed by atoms with Gasteiger partial charge in [-0.25, -0.2) is 0 Å². The fourth-order valence-electron chi connectivity index (χ4n) is 1.97. The van der Waals surface area contributed by atoms with E-state index in [0.29, 0.717) is 0 Å². The molecule has 0 radical (unpaired) electrons. The second-order valence-electron chi connectivity index (χ2n) is 3.82. The smallest absolute Gasteiger partial charge is 0.125 e. The van der Waals surface area contributed by atoms with Crippen LogP contribution in [0.1, 0.15) is 11.1 Å². The molecule has 0 saturated heterocycles. The first-order valence-electron chi connectivity index (χ1n) is 5.20. The number of nitrogens with zero attached hydrogens (tertiary/aromatic N) is 2. The molecule has 0 atom stereocenters. The van der Waals surface area contributed by atoms with Crippen molar-refractivity contribution in [1.29, 1.82) is 0 Å². The fourth-order valence-corrected chi connectivity index (χ4v) is 1.97. The predicted molar refractivity (Wildman–Crippen MR) is 61.9 cm³/mol. The summed E-state index contributed by atoms with van der Waals surface area (Å²) in [5.41, 5.74) is 3.86. The zero-order chi connectivity index (χ0) is 11.0. The topological polar surface area (TPSA) is 61.3 Å². The summed E-state index contributed by atoms with van der Waals surface area (Å²) in [5.74, 6) is 0.283. The van der Waals surface area contributed by atoms with Crippen LogP contribution in [0.5, 0.6) is 5.75 Å². The molecule has 3 rings (SSSR count). The van der Waals surface area contributed by atoms with Gasteiger partial charge in [0.2, 0.25) is 0 Å². The largest absolute Gasteiger partial charge is 0.507 e. The molecular formula is C12H11N3O. The Morgan fingerprint density at radius 1 is 1.31 bits per heavy atom. The van der Waals surface area contributed by atoms with Gasteiger partial charge in [-0.05, 0) is 30.2 Å². The molecule has 16 heavy (non-hydrogen) atoms. The summed E-state index contributed by atoms with van der Waals surface area (Å²) >= 11 is 0. The molecule has 0 amide bonds. The number of hydrogen-bond donors (Lipinski definition) is 2. The molecule has 0 bridgehead atoms. The maximum absolute atomic E-state index is 9.91. The lowest BCUT2D eigenvalue weighted by molar-refractivity contribution is 0.473. The van der Waals surface area contributed by atoms with Crippen LogP contribution in [0.3, 0.4) is 0 Å². The minimum atomic E-state index is 0.283. The molecule has 1 aromatic carbocycles. The van der Waals surface area contributed by atoms with Crippen LogP contribution in [-0.4, -0.2) is 28.1 Å². The van der Waals surface area contributed by atoms with Crippen molar-refractivity contribution < 1.29 is 5.11 Å². The van der Waals surface area contributed by atoms with E-state index in [0.717, 1.165) is 35.3 Å². The number of nitrogens with one attached hydrogen (secondary N) is 1. The highest BCUT2D eigenvalue weighted by Crippen LogP contribution is 2.29. The molecule has 0 saturated carbocycles. The highest BCUT2D eigenvalue weighted by molar-refractivity contribution is 5.88. The Morgan fingerprint density at radius 2 is 2.25 bits per heavy atom. The summed E-state index contributed by atoms with van der Waals surface area (Å²) in [5, 5.41) is 16.7. The number of aromatic nitrogens is 2. The van der Waals surface area contributed by atoms with E-state index < -0.39 is 0 Å². The second-order valence-corrected chi connectivity index (χ2v) is 3.82. The van der Waals surface area contributed by atoms with Crippen molar-refractivity contribution in [3.8, 4) is 17.0 Å². The Kier molecular flexibility index (Phi) is 1.99. The van der Waals surface area contributed by atoms with Crippen molar-refractivity contribution in [2.45, 2.75) is 6.42 Å². The molecule has 4 heteroatoms. The number of aliphatic imine (C=N–C) groups is 1. The van der Waals surface area contributed by atoms with Crippen LogP contribution in [0, 0.1) is 0 Å². The zero-order valence-electron chi connectivity index (χ0n) is 8.64. The van der Waals surface area contributed by atoms with Gasteiger partial charge in [0.05, 0.1) is 5.69 Å². The Balaban J connectivity index is 2.16. The Morgan fingerprint density at radius 3 is 3.06 bits per heavy atom. The van der Waals surface area contributed by atoms with Gasteiger partial charge in [-0.15, -0.1) is 0 Å². The second kappa shape index (κ2) is 3.48. The predicted octanol–water partition coefficient (Wildman–Crippen LogP) is 1.76. The molecule has 0 fully saturated rings. The Hall–Kier alpha value is -2.10. The van der Waals surface area contributed by atoms with Gasteiger partial charge in [0.25, 0.3) is 0 Å². The fraction of sp³-hybridized carbons (Fsp3) is 0.167. The first-order valence-corrected chi connectivity index (χ1v) is 5.20. The van der Waals surface area contributed by atoms with Gasteiger partial charge >= 0.3 is 0 Å². The molecule has 2 N–H and O–H groups in total. The maximum atomic E-state index is 9.91. The molecule has 0 aliphatic carbocycles. The van der Waals surface area contributed by atoms with Crippen LogP contribution in [-0.2, 0) is 6.42 Å². The molecule has 80 valence electrons. The number of aromatic hydroxyl groups is 1. The van der Waals surface area contributed by atoms with Crippen molar-refractivity contribution in [1.82, 2.24) is 10.2 Å². The highest BCUT2D eigenvalue weighted by atomic mass is 16.3. The van der Waals surface area contributed by atoms with Gasteiger partial charge in [-0.1, -0.05) is 0 Å². The third kappa shape index (κ3) is 1.39. The van der Waals surface area contributed by atoms with Crippen LogP contribution in [0.25, 0.3) is 11.3 Å². The number of fused-ring (bicyclic) bond motifs is 1. The summed E-state index contributed by atoms with van der Waals surface area (Å²) in [7, 11) is 0. The molecule has 0 spiro atoms. The Bertz CT molecular complexity index is 544. The van der Waals surface area contributed by atoms with Gasteiger partial charge in [-0.3, -0.25) is 10.1 Å². The molecule has 1 aliphatic rings. The van der Waals surface area contributed by atoms with E-state index in [2.05, 4.69) is 21.3 Å². The molecule has 1 aliphatic heterocycles. The number of H-pyrrole nitrogens is 1. The monoisotopic (exact) mass is 213 g/mol.